The third-order valence-corrected chi connectivity index (χ3v) is 4.59. The third-order valence-electron chi connectivity index (χ3n) is 4.41. The van der Waals surface area contributed by atoms with E-state index in [1.165, 1.54) is 13.0 Å². The Hall–Kier alpha value is -1.59. The van der Waals surface area contributed by atoms with Crippen LogP contribution in [-0.4, -0.2) is 41.5 Å². The Morgan fingerprint density at radius 2 is 2.33 bits per heavy atom. The van der Waals surface area contributed by atoms with Gasteiger partial charge < -0.3 is 14.6 Å². The number of piperidine rings is 1. The highest BCUT2D eigenvalue weighted by Crippen LogP contribution is 2.27. The number of halogens is 1. The molecule has 3 atom stereocenters. The molecule has 0 saturated carbocycles. The number of fused-ring (bicyclic) bond motifs is 3. The van der Waals surface area contributed by atoms with Crippen LogP contribution in [-0.2, 0) is 0 Å². The van der Waals surface area contributed by atoms with E-state index in [9.17, 15) is 4.79 Å². The zero-order valence-corrected chi connectivity index (χ0v) is 12.3. The lowest BCUT2D eigenvalue weighted by Gasteiger charge is -2.30. The second kappa shape index (κ2) is 5.00. The maximum Gasteiger partial charge on any atom is 0.270 e. The van der Waals surface area contributed by atoms with Gasteiger partial charge in [0.05, 0.1) is 6.20 Å². The summed E-state index contributed by atoms with van der Waals surface area (Å²) in [5.74, 6) is 0.605. The van der Waals surface area contributed by atoms with Crippen molar-refractivity contribution in [3.05, 3.63) is 29.2 Å². The summed E-state index contributed by atoms with van der Waals surface area (Å²) in [6, 6.07) is 3.64. The summed E-state index contributed by atoms with van der Waals surface area (Å²) in [6.07, 6.45) is 3.87. The normalized spacial score (nSPS) is 28.0. The van der Waals surface area contributed by atoms with Crippen LogP contribution in [0.3, 0.4) is 0 Å². The number of pyridine rings is 1. The Kier molecular flexibility index (Phi) is 3.12. The Labute approximate surface area is 127 Å². The molecule has 3 unspecified atom stereocenters. The van der Waals surface area contributed by atoms with Crippen molar-refractivity contribution < 1.29 is 9.21 Å². The van der Waals surface area contributed by atoms with E-state index in [-0.39, 0.29) is 11.9 Å². The fraction of sp³-hybridized carbons (Fsp3) is 0.467. The SMILES string of the molecule is O=C(NC1CC2CCN(C2)C1)c1cc2cc(Cl)oc2cn1. The number of hydrogen-bond donors (Lipinski definition) is 1. The molecule has 1 N–H and O–H groups in total. The molecule has 2 bridgehead atoms. The molecular formula is C15H16ClN3O2. The molecule has 4 heterocycles. The number of nitrogens with one attached hydrogen (secondary N) is 1. The first-order chi connectivity index (χ1) is 10.2. The first-order valence-corrected chi connectivity index (χ1v) is 7.63. The molecule has 6 heteroatoms. The number of nitrogens with zero attached hydrogens (tertiary/aromatic N) is 2. The molecule has 110 valence electrons. The second-order valence-corrected chi connectivity index (χ2v) is 6.35. The molecule has 0 radical (unpaired) electrons. The number of carbonyl (C=O) groups is 1. The summed E-state index contributed by atoms with van der Waals surface area (Å²) in [5.41, 5.74) is 1.01. The van der Waals surface area contributed by atoms with Crippen LogP contribution < -0.4 is 5.32 Å². The summed E-state index contributed by atoms with van der Waals surface area (Å²) in [6.45, 7) is 3.29. The van der Waals surface area contributed by atoms with Gasteiger partial charge in [0.2, 0.25) is 0 Å². The molecule has 1 amide bonds. The first-order valence-electron chi connectivity index (χ1n) is 7.26. The van der Waals surface area contributed by atoms with Gasteiger partial charge in [-0.3, -0.25) is 4.79 Å². The van der Waals surface area contributed by atoms with E-state index < -0.39 is 0 Å². The number of hydrogen-bond acceptors (Lipinski definition) is 4. The third kappa shape index (κ3) is 2.51. The number of rotatable bonds is 2. The lowest BCUT2D eigenvalue weighted by Crippen LogP contribution is -2.47. The average molecular weight is 306 g/mol. The maximum atomic E-state index is 12.3. The van der Waals surface area contributed by atoms with Gasteiger partial charge >= 0.3 is 0 Å². The molecule has 2 fully saturated rings. The van der Waals surface area contributed by atoms with E-state index in [1.807, 2.05) is 0 Å². The molecule has 21 heavy (non-hydrogen) atoms. The smallest absolute Gasteiger partial charge is 0.270 e. The molecule has 2 saturated heterocycles. The lowest BCUT2D eigenvalue weighted by molar-refractivity contribution is 0.0904. The van der Waals surface area contributed by atoms with Gasteiger partial charge in [-0.2, -0.15) is 0 Å². The van der Waals surface area contributed by atoms with E-state index in [2.05, 4.69) is 15.2 Å². The highest BCUT2D eigenvalue weighted by atomic mass is 35.5. The van der Waals surface area contributed by atoms with Gasteiger partial charge in [-0.15, -0.1) is 0 Å². The van der Waals surface area contributed by atoms with Crippen molar-refractivity contribution in [1.82, 2.24) is 15.2 Å². The minimum atomic E-state index is -0.123. The molecule has 0 aliphatic carbocycles. The second-order valence-electron chi connectivity index (χ2n) is 5.98. The van der Waals surface area contributed by atoms with Crippen LogP contribution in [0.25, 0.3) is 11.0 Å². The van der Waals surface area contributed by atoms with Crippen molar-refractivity contribution in [3.63, 3.8) is 0 Å². The molecule has 2 aliphatic rings. The summed E-state index contributed by atoms with van der Waals surface area (Å²) >= 11 is 5.81. The highest BCUT2D eigenvalue weighted by Gasteiger charge is 2.33. The van der Waals surface area contributed by atoms with Gasteiger partial charge in [0.1, 0.15) is 5.69 Å². The predicted molar refractivity (Wildman–Crippen MR) is 79.4 cm³/mol. The minimum Gasteiger partial charge on any atom is -0.443 e. The van der Waals surface area contributed by atoms with Gasteiger partial charge in [-0.05, 0) is 43.0 Å². The van der Waals surface area contributed by atoms with Gasteiger partial charge in [0, 0.05) is 30.6 Å². The van der Waals surface area contributed by atoms with Crippen molar-refractivity contribution in [1.29, 1.82) is 0 Å². The fourth-order valence-electron chi connectivity index (χ4n) is 3.46. The topological polar surface area (TPSA) is 58.4 Å². The number of aromatic nitrogens is 1. The number of amides is 1. The first kappa shape index (κ1) is 13.1. The molecule has 5 nitrogen and oxygen atoms in total. The Balaban J connectivity index is 1.50. The van der Waals surface area contributed by atoms with Crippen molar-refractivity contribution >= 4 is 28.5 Å². The van der Waals surface area contributed by atoms with Crippen LogP contribution in [0.15, 0.2) is 22.7 Å². The van der Waals surface area contributed by atoms with E-state index in [1.54, 1.807) is 18.3 Å². The summed E-state index contributed by atoms with van der Waals surface area (Å²) in [7, 11) is 0. The Bertz CT molecular complexity index is 687. The number of furan rings is 1. The summed E-state index contributed by atoms with van der Waals surface area (Å²) in [5, 5.41) is 4.21. The standard InChI is InChI=1S/C15H16ClN3O2/c16-14-5-10-4-12(17-6-13(10)21-14)15(20)18-11-3-9-1-2-19(7-9)8-11/h4-6,9,11H,1-3,7-8H2,(H,18,20). The zero-order chi connectivity index (χ0) is 14.4. The van der Waals surface area contributed by atoms with Gasteiger partial charge in [0.25, 0.3) is 5.91 Å². The van der Waals surface area contributed by atoms with Crippen molar-refractivity contribution in [2.24, 2.45) is 5.92 Å². The molecule has 0 aromatic carbocycles. The van der Waals surface area contributed by atoms with Crippen molar-refractivity contribution in [2.75, 3.05) is 19.6 Å². The Morgan fingerprint density at radius 1 is 1.43 bits per heavy atom. The quantitative estimate of drug-likeness (QED) is 0.925. The number of carbonyl (C=O) groups excluding carboxylic acids is 1. The van der Waals surface area contributed by atoms with Crippen molar-refractivity contribution in [3.8, 4) is 0 Å². The van der Waals surface area contributed by atoms with Crippen LogP contribution in [0.2, 0.25) is 5.22 Å². The molecular weight excluding hydrogens is 290 g/mol. The monoisotopic (exact) mass is 305 g/mol. The maximum absolute atomic E-state index is 12.3. The van der Waals surface area contributed by atoms with E-state index >= 15 is 0 Å². The van der Waals surface area contributed by atoms with E-state index in [0.29, 0.717) is 16.5 Å². The predicted octanol–water partition coefficient (Wildman–Crippen LogP) is 2.31. The summed E-state index contributed by atoms with van der Waals surface area (Å²) in [4.78, 5) is 18.9. The Morgan fingerprint density at radius 3 is 3.19 bits per heavy atom. The molecule has 2 aromatic rings. The molecule has 2 aliphatic heterocycles. The van der Waals surface area contributed by atoms with Crippen molar-refractivity contribution in [2.45, 2.75) is 18.9 Å². The fourth-order valence-corrected chi connectivity index (χ4v) is 3.66. The lowest BCUT2D eigenvalue weighted by atomic mass is 9.97. The average Bonchev–Trinajstić information content (AvgIpc) is 2.99. The van der Waals surface area contributed by atoms with Gasteiger partial charge in [-0.1, -0.05) is 0 Å². The van der Waals surface area contributed by atoms with Crippen LogP contribution >= 0.6 is 11.6 Å². The van der Waals surface area contributed by atoms with E-state index in [4.69, 9.17) is 16.0 Å². The molecule has 2 aromatic heterocycles. The largest absolute Gasteiger partial charge is 0.443 e. The van der Waals surface area contributed by atoms with Crippen LogP contribution in [0.1, 0.15) is 23.3 Å². The summed E-state index contributed by atoms with van der Waals surface area (Å²) < 4.78 is 5.25. The molecule has 4 rings (SSSR count). The highest BCUT2D eigenvalue weighted by molar-refractivity contribution is 6.29. The van der Waals surface area contributed by atoms with Crippen LogP contribution in [0, 0.1) is 5.92 Å². The van der Waals surface area contributed by atoms with Crippen LogP contribution in [0.4, 0.5) is 0 Å². The van der Waals surface area contributed by atoms with Crippen LogP contribution in [0.5, 0.6) is 0 Å². The van der Waals surface area contributed by atoms with Gasteiger partial charge in [0.15, 0.2) is 10.8 Å². The van der Waals surface area contributed by atoms with Gasteiger partial charge in [-0.25, -0.2) is 4.98 Å². The zero-order valence-electron chi connectivity index (χ0n) is 11.5. The molecule has 0 spiro atoms. The minimum absolute atomic E-state index is 0.123. The van der Waals surface area contributed by atoms with E-state index in [0.717, 1.165) is 30.8 Å².